The molecule has 2 heterocycles. The first-order valence-electron chi connectivity index (χ1n) is 10.1. The number of amides is 1. The zero-order valence-corrected chi connectivity index (χ0v) is 19.0. The third-order valence-corrected chi connectivity index (χ3v) is 5.88. The van der Waals surface area contributed by atoms with Gasteiger partial charge in [0.2, 0.25) is 11.0 Å². The Hall–Kier alpha value is -1.70. The van der Waals surface area contributed by atoms with Crippen molar-refractivity contribution in [2.24, 2.45) is 5.41 Å². The second kappa shape index (κ2) is 9.87. The number of hydrogen-bond donors (Lipinski definition) is 1. The van der Waals surface area contributed by atoms with Gasteiger partial charge in [0, 0.05) is 68.7 Å². The van der Waals surface area contributed by atoms with Gasteiger partial charge in [0.15, 0.2) is 0 Å². The zero-order chi connectivity index (χ0) is 20.9. The van der Waals surface area contributed by atoms with E-state index >= 15 is 0 Å². The average molecular weight is 436 g/mol. The fraction of sp³-hybridized carbons (Fsp3) is 0.571. The van der Waals surface area contributed by atoms with Gasteiger partial charge in [-0.1, -0.05) is 44.5 Å². The Kier molecular flexibility index (Phi) is 7.49. The summed E-state index contributed by atoms with van der Waals surface area (Å²) in [5.74, 6) is 0.995. The van der Waals surface area contributed by atoms with Gasteiger partial charge in [-0.3, -0.25) is 9.69 Å². The molecule has 3 rings (SSSR count). The number of carbonyl (C=O) groups is 1. The molecule has 1 N–H and O–H groups in total. The summed E-state index contributed by atoms with van der Waals surface area (Å²) in [5, 5.41) is 4.77. The van der Waals surface area contributed by atoms with Crippen LogP contribution in [0.4, 0.5) is 5.13 Å². The second-order valence-corrected chi connectivity index (χ2v) is 9.88. The molecule has 158 valence electrons. The third kappa shape index (κ3) is 7.24. The molecule has 29 heavy (non-hydrogen) atoms. The normalized spacial score (nSPS) is 15.5. The Morgan fingerprint density at radius 2 is 1.86 bits per heavy atom. The van der Waals surface area contributed by atoms with E-state index < -0.39 is 0 Å². The molecule has 8 heteroatoms. The number of aromatic nitrogens is 2. The number of anilines is 1. The highest BCUT2D eigenvalue weighted by atomic mass is 35.5. The first-order chi connectivity index (χ1) is 13.8. The summed E-state index contributed by atoms with van der Waals surface area (Å²) in [6.45, 7) is 11.7. The van der Waals surface area contributed by atoms with Crippen molar-refractivity contribution in [3.8, 4) is 0 Å². The minimum atomic E-state index is 0.0316. The lowest BCUT2D eigenvalue weighted by Gasteiger charge is -2.34. The monoisotopic (exact) mass is 435 g/mol. The van der Waals surface area contributed by atoms with Crippen LogP contribution in [0.25, 0.3) is 0 Å². The molecule has 1 aliphatic heterocycles. The molecular weight excluding hydrogens is 406 g/mol. The minimum Gasteiger partial charge on any atom is -0.355 e. The van der Waals surface area contributed by atoms with Crippen LogP contribution in [0.2, 0.25) is 5.02 Å². The van der Waals surface area contributed by atoms with E-state index in [2.05, 4.69) is 40.3 Å². The van der Waals surface area contributed by atoms with Gasteiger partial charge in [0.1, 0.15) is 5.82 Å². The Balaban J connectivity index is 1.40. The summed E-state index contributed by atoms with van der Waals surface area (Å²) in [4.78, 5) is 21.3. The predicted molar refractivity (Wildman–Crippen MR) is 120 cm³/mol. The Morgan fingerprint density at radius 1 is 1.17 bits per heavy atom. The van der Waals surface area contributed by atoms with Crippen LogP contribution in [0.1, 0.15) is 38.6 Å². The molecule has 0 atom stereocenters. The van der Waals surface area contributed by atoms with Gasteiger partial charge >= 0.3 is 0 Å². The molecule has 1 aromatic heterocycles. The van der Waals surface area contributed by atoms with Crippen molar-refractivity contribution in [2.75, 3.05) is 44.2 Å². The molecular formula is C21H30ClN5OS. The molecule has 0 radical (unpaired) electrons. The number of hydrogen-bond acceptors (Lipinski definition) is 6. The molecule has 0 saturated carbocycles. The molecule has 1 saturated heterocycles. The lowest BCUT2D eigenvalue weighted by atomic mass is 9.92. The highest BCUT2D eigenvalue weighted by Gasteiger charge is 2.20. The highest BCUT2D eigenvalue weighted by Crippen LogP contribution is 2.21. The molecule has 1 aromatic carbocycles. The van der Waals surface area contributed by atoms with Gasteiger partial charge in [-0.05, 0) is 23.1 Å². The molecule has 1 amide bonds. The Bertz CT molecular complexity index is 794. The first kappa shape index (κ1) is 22.0. The lowest BCUT2D eigenvalue weighted by molar-refractivity contribution is -0.122. The summed E-state index contributed by atoms with van der Waals surface area (Å²) in [7, 11) is 0. The van der Waals surface area contributed by atoms with Crippen LogP contribution in [0.3, 0.4) is 0 Å². The maximum atomic E-state index is 11.9. The second-order valence-electron chi connectivity index (χ2n) is 8.71. The molecule has 0 spiro atoms. The highest BCUT2D eigenvalue weighted by molar-refractivity contribution is 7.09. The maximum Gasteiger partial charge on any atom is 0.220 e. The van der Waals surface area contributed by atoms with Crippen LogP contribution in [0, 0.1) is 5.41 Å². The maximum absolute atomic E-state index is 11.9. The Labute approximate surface area is 182 Å². The summed E-state index contributed by atoms with van der Waals surface area (Å²) < 4.78 is 4.52. The number of nitrogens with zero attached hydrogens (tertiary/aromatic N) is 4. The molecule has 2 aromatic rings. The Morgan fingerprint density at radius 3 is 2.52 bits per heavy atom. The van der Waals surface area contributed by atoms with Crippen LogP contribution in [0.15, 0.2) is 24.3 Å². The van der Waals surface area contributed by atoms with Crippen molar-refractivity contribution < 1.29 is 4.79 Å². The number of rotatable bonds is 7. The van der Waals surface area contributed by atoms with E-state index in [-0.39, 0.29) is 11.3 Å². The average Bonchev–Trinajstić information content (AvgIpc) is 3.11. The third-order valence-electron chi connectivity index (χ3n) is 4.82. The topological polar surface area (TPSA) is 61.4 Å². The predicted octanol–water partition coefficient (Wildman–Crippen LogP) is 3.46. The molecule has 0 aliphatic carbocycles. The van der Waals surface area contributed by atoms with Crippen LogP contribution in [-0.4, -0.2) is 59.4 Å². The molecule has 1 fully saturated rings. The van der Waals surface area contributed by atoms with Crippen molar-refractivity contribution in [3.05, 3.63) is 40.7 Å². The fourth-order valence-electron chi connectivity index (χ4n) is 3.29. The first-order valence-corrected chi connectivity index (χ1v) is 11.2. The van der Waals surface area contributed by atoms with Crippen molar-refractivity contribution in [3.63, 3.8) is 0 Å². The minimum absolute atomic E-state index is 0.0316. The van der Waals surface area contributed by atoms with E-state index in [4.69, 9.17) is 16.6 Å². The van der Waals surface area contributed by atoms with Gasteiger partial charge in [-0.15, -0.1) is 0 Å². The standard InChI is InChI=1S/C21H30ClN5OS/c1-21(2,3)15-19(28)23-8-9-26-10-12-27(13-11-26)20-24-18(25-29-20)14-16-4-6-17(22)7-5-16/h4-7H,8-15H2,1-3H3,(H,23,28). The smallest absolute Gasteiger partial charge is 0.220 e. The number of halogens is 1. The van der Waals surface area contributed by atoms with E-state index in [1.54, 1.807) is 0 Å². The molecule has 0 bridgehead atoms. The fourth-order valence-corrected chi connectivity index (χ4v) is 4.15. The number of benzene rings is 1. The van der Waals surface area contributed by atoms with Gasteiger partial charge in [-0.2, -0.15) is 4.37 Å². The number of carbonyl (C=O) groups excluding carboxylic acids is 1. The summed E-state index contributed by atoms with van der Waals surface area (Å²) >= 11 is 7.41. The van der Waals surface area contributed by atoms with E-state index in [0.717, 1.165) is 60.7 Å². The molecule has 6 nitrogen and oxygen atoms in total. The van der Waals surface area contributed by atoms with E-state index in [0.29, 0.717) is 13.0 Å². The lowest BCUT2D eigenvalue weighted by Crippen LogP contribution is -2.48. The van der Waals surface area contributed by atoms with Crippen molar-refractivity contribution in [2.45, 2.75) is 33.6 Å². The van der Waals surface area contributed by atoms with E-state index in [1.165, 1.54) is 11.5 Å². The number of piperazine rings is 1. The largest absolute Gasteiger partial charge is 0.355 e. The van der Waals surface area contributed by atoms with Crippen molar-refractivity contribution in [1.29, 1.82) is 0 Å². The van der Waals surface area contributed by atoms with E-state index in [1.807, 2.05) is 24.3 Å². The van der Waals surface area contributed by atoms with Crippen LogP contribution in [-0.2, 0) is 11.2 Å². The van der Waals surface area contributed by atoms with Gasteiger partial charge < -0.3 is 10.2 Å². The van der Waals surface area contributed by atoms with Crippen LogP contribution < -0.4 is 10.2 Å². The quantitative estimate of drug-likeness (QED) is 0.721. The van der Waals surface area contributed by atoms with Crippen LogP contribution in [0.5, 0.6) is 0 Å². The molecule has 0 unspecified atom stereocenters. The van der Waals surface area contributed by atoms with Crippen molar-refractivity contribution >= 4 is 34.2 Å². The van der Waals surface area contributed by atoms with Gasteiger partial charge in [-0.25, -0.2) is 4.98 Å². The summed E-state index contributed by atoms with van der Waals surface area (Å²) in [6, 6.07) is 7.83. The summed E-state index contributed by atoms with van der Waals surface area (Å²) in [5.41, 5.74) is 1.20. The zero-order valence-electron chi connectivity index (χ0n) is 17.4. The van der Waals surface area contributed by atoms with Crippen LogP contribution >= 0.6 is 23.1 Å². The van der Waals surface area contributed by atoms with Gasteiger partial charge in [0.25, 0.3) is 0 Å². The number of nitrogens with one attached hydrogen (secondary N) is 1. The van der Waals surface area contributed by atoms with Gasteiger partial charge in [0.05, 0.1) is 0 Å². The molecule has 1 aliphatic rings. The SMILES string of the molecule is CC(C)(C)CC(=O)NCCN1CCN(c2nc(Cc3ccc(Cl)cc3)ns2)CC1. The van der Waals surface area contributed by atoms with Crippen molar-refractivity contribution in [1.82, 2.24) is 19.6 Å². The van der Waals surface area contributed by atoms with E-state index in [9.17, 15) is 4.79 Å². The summed E-state index contributed by atoms with van der Waals surface area (Å²) in [6.07, 6.45) is 1.29.